The molecule has 5 heteroatoms. The van der Waals surface area contributed by atoms with Gasteiger partial charge in [-0.3, -0.25) is 9.59 Å². The van der Waals surface area contributed by atoms with E-state index in [0.29, 0.717) is 5.56 Å². The van der Waals surface area contributed by atoms with Gasteiger partial charge in [-0.2, -0.15) is 0 Å². The molecule has 0 bridgehead atoms. The number of aryl methyl sites for hydroxylation is 1. The first kappa shape index (κ1) is 14.7. The number of pyridine rings is 1. The Labute approximate surface area is 121 Å². The number of carbonyl (C=O) groups excluding carboxylic acids is 2. The van der Waals surface area contributed by atoms with Gasteiger partial charge in [0, 0.05) is 11.8 Å². The second-order valence-electron chi connectivity index (χ2n) is 4.46. The van der Waals surface area contributed by atoms with Crippen LogP contribution in [0, 0.1) is 0 Å². The summed E-state index contributed by atoms with van der Waals surface area (Å²) in [7, 11) is 0. The van der Waals surface area contributed by atoms with Crippen molar-refractivity contribution in [3.8, 4) is 0 Å². The van der Waals surface area contributed by atoms with Crippen molar-refractivity contribution in [3.05, 3.63) is 69.6 Å². The maximum Gasteiger partial charge on any atom is 0.344 e. The van der Waals surface area contributed by atoms with E-state index < -0.39 is 18.1 Å². The van der Waals surface area contributed by atoms with Crippen molar-refractivity contribution in [2.45, 2.75) is 13.3 Å². The van der Waals surface area contributed by atoms with Gasteiger partial charge >= 0.3 is 5.97 Å². The highest BCUT2D eigenvalue weighted by molar-refractivity contribution is 5.99. The summed E-state index contributed by atoms with van der Waals surface area (Å²) in [4.78, 5) is 37.4. The zero-order valence-corrected chi connectivity index (χ0v) is 11.6. The van der Waals surface area contributed by atoms with E-state index in [9.17, 15) is 14.4 Å². The highest BCUT2D eigenvalue weighted by Gasteiger charge is 2.14. The molecule has 1 N–H and O–H groups in total. The van der Waals surface area contributed by atoms with Gasteiger partial charge in [0.15, 0.2) is 12.4 Å². The van der Waals surface area contributed by atoms with Crippen molar-refractivity contribution in [2.24, 2.45) is 0 Å². The number of benzene rings is 1. The van der Waals surface area contributed by atoms with E-state index in [1.54, 1.807) is 12.1 Å². The Kier molecular flexibility index (Phi) is 4.66. The summed E-state index contributed by atoms with van der Waals surface area (Å²) < 4.78 is 4.87. The van der Waals surface area contributed by atoms with Crippen LogP contribution in [0.15, 0.2) is 47.4 Å². The zero-order chi connectivity index (χ0) is 15.2. The summed E-state index contributed by atoms with van der Waals surface area (Å²) in [5, 5.41) is 0. The molecule has 2 rings (SSSR count). The van der Waals surface area contributed by atoms with E-state index in [-0.39, 0.29) is 11.3 Å². The number of ketones is 1. The summed E-state index contributed by atoms with van der Waals surface area (Å²) in [6.45, 7) is 1.63. The lowest BCUT2D eigenvalue weighted by atomic mass is 10.1. The van der Waals surface area contributed by atoms with Crippen LogP contribution in [0.2, 0.25) is 0 Å². The van der Waals surface area contributed by atoms with Gasteiger partial charge in [-0.25, -0.2) is 4.79 Å². The van der Waals surface area contributed by atoms with E-state index in [2.05, 4.69) is 4.98 Å². The first-order chi connectivity index (χ1) is 10.1. The third-order valence-electron chi connectivity index (χ3n) is 3.06. The minimum Gasteiger partial charge on any atom is -0.454 e. The third-order valence-corrected chi connectivity index (χ3v) is 3.06. The number of rotatable bonds is 5. The van der Waals surface area contributed by atoms with Crippen LogP contribution in [0.5, 0.6) is 0 Å². The van der Waals surface area contributed by atoms with E-state index in [4.69, 9.17) is 4.74 Å². The fraction of sp³-hybridized carbons (Fsp3) is 0.188. The minimum atomic E-state index is -0.810. The maximum atomic E-state index is 11.9. The average Bonchev–Trinajstić information content (AvgIpc) is 2.52. The quantitative estimate of drug-likeness (QED) is 0.673. The van der Waals surface area contributed by atoms with Crippen LogP contribution in [0.4, 0.5) is 0 Å². The first-order valence-corrected chi connectivity index (χ1v) is 6.58. The van der Waals surface area contributed by atoms with Crippen LogP contribution in [0.25, 0.3) is 0 Å². The normalized spacial score (nSPS) is 10.1. The molecule has 1 aromatic carbocycles. The number of Topliss-reactive ketones (excluding diaryl/α,β-unsaturated/α-hetero) is 1. The number of aromatic amines is 1. The van der Waals surface area contributed by atoms with E-state index in [0.717, 1.165) is 12.0 Å². The van der Waals surface area contributed by atoms with Gasteiger partial charge in [0.25, 0.3) is 5.56 Å². The summed E-state index contributed by atoms with van der Waals surface area (Å²) in [6.07, 6.45) is 2.31. The predicted molar refractivity (Wildman–Crippen MR) is 77.5 cm³/mol. The van der Waals surface area contributed by atoms with Gasteiger partial charge in [0.2, 0.25) is 0 Å². The lowest BCUT2D eigenvalue weighted by molar-refractivity contribution is 0.0473. The molecule has 0 aliphatic carbocycles. The first-order valence-electron chi connectivity index (χ1n) is 6.58. The molecule has 5 nitrogen and oxygen atoms in total. The number of carbonyl (C=O) groups is 2. The second-order valence-corrected chi connectivity index (χ2v) is 4.46. The van der Waals surface area contributed by atoms with Crippen molar-refractivity contribution in [1.82, 2.24) is 4.98 Å². The van der Waals surface area contributed by atoms with E-state index in [1.165, 1.54) is 18.3 Å². The Balaban J connectivity index is 1.99. The lowest BCUT2D eigenvalue weighted by Gasteiger charge is -2.04. The van der Waals surface area contributed by atoms with Gasteiger partial charge < -0.3 is 9.72 Å². The molecule has 2 aromatic rings. The summed E-state index contributed by atoms with van der Waals surface area (Å²) in [5.74, 6) is -1.12. The second kappa shape index (κ2) is 6.65. The maximum absolute atomic E-state index is 11.9. The van der Waals surface area contributed by atoms with Crippen LogP contribution in [-0.4, -0.2) is 23.3 Å². The van der Waals surface area contributed by atoms with Crippen LogP contribution in [0.3, 0.4) is 0 Å². The summed E-state index contributed by atoms with van der Waals surface area (Å²) in [5.41, 5.74) is 0.940. The fourth-order valence-corrected chi connectivity index (χ4v) is 1.80. The van der Waals surface area contributed by atoms with Crippen molar-refractivity contribution >= 4 is 11.8 Å². The highest BCUT2D eigenvalue weighted by Crippen LogP contribution is 2.06. The number of esters is 1. The Morgan fingerprint density at radius 2 is 1.86 bits per heavy atom. The van der Waals surface area contributed by atoms with Crippen LogP contribution >= 0.6 is 0 Å². The molecule has 0 aliphatic rings. The SMILES string of the molecule is CCc1ccc(C(=O)COC(=O)c2ccc[nH]c2=O)cc1. The monoisotopic (exact) mass is 285 g/mol. The largest absolute Gasteiger partial charge is 0.454 e. The number of hydrogen-bond donors (Lipinski definition) is 1. The number of ether oxygens (including phenoxy) is 1. The zero-order valence-electron chi connectivity index (χ0n) is 11.6. The molecular formula is C16H15NO4. The Bertz CT molecular complexity index is 701. The number of nitrogens with one attached hydrogen (secondary N) is 1. The van der Waals surface area contributed by atoms with Gasteiger partial charge in [0.1, 0.15) is 5.56 Å². The molecule has 108 valence electrons. The summed E-state index contributed by atoms with van der Waals surface area (Å²) in [6, 6.07) is 9.98. The van der Waals surface area contributed by atoms with Crippen molar-refractivity contribution in [1.29, 1.82) is 0 Å². The molecule has 1 aromatic heterocycles. The highest BCUT2D eigenvalue weighted by atomic mass is 16.5. The molecule has 1 heterocycles. The number of H-pyrrole nitrogens is 1. The molecule has 0 aliphatic heterocycles. The smallest absolute Gasteiger partial charge is 0.344 e. The molecule has 21 heavy (non-hydrogen) atoms. The van der Waals surface area contributed by atoms with Crippen molar-refractivity contribution in [2.75, 3.05) is 6.61 Å². The molecule has 0 spiro atoms. The molecule has 0 amide bonds. The van der Waals surface area contributed by atoms with Gasteiger partial charge in [-0.05, 0) is 24.1 Å². The number of hydrogen-bond acceptors (Lipinski definition) is 4. The molecule has 0 unspecified atom stereocenters. The third kappa shape index (κ3) is 3.66. The standard InChI is InChI=1S/C16H15NO4/c1-2-11-5-7-12(8-6-11)14(18)10-21-16(20)13-4-3-9-17-15(13)19/h3-9H,2,10H2,1H3,(H,17,19). The fourth-order valence-electron chi connectivity index (χ4n) is 1.80. The Morgan fingerprint density at radius 3 is 2.48 bits per heavy atom. The van der Waals surface area contributed by atoms with Crippen molar-refractivity contribution in [3.63, 3.8) is 0 Å². The van der Waals surface area contributed by atoms with Crippen molar-refractivity contribution < 1.29 is 14.3 Å². The average molecular weight is 285 g/mol. The Hall–Kier alpha value is -2.69. The molecular weight excluding hydrogens is 270 g/mol. The predicted octanol–water partition coefficient (Wildman–Crippen LogP) is 1.98. The van der Waals surface area contributed by atoms with Gasteiger partial charge in [0.05, 0.1) is 0 Å². The summed E-state index contributed by atoms with van der Waals surface area (Å²) >= 11 is 0. The minimum absolute atomic E-state index is 0.119. The lowest BCUT2D eigenvalue weighted by Crippen LogP contribution is -2.21. The topological polar surface area (TPSA) is 76.2 Å². The van der Waals surface area contributed by atoms with Crippen LogP contribution < -0.4 is 5.56 Å². The molecule has 0 saturated carbocycles. The molecule has 0 fully saturated rings. The molecule has 0 saturated heterocycles. The van der Waals surface area contributed by atoms with Gasteiger partial charge in [-0.15, -0.1) is 0 Å². The van der Waals surface area contributed by atoms with E-state index >= 15 is 0 Å². The molecule has 0 radical (unpaired) electrons. The molecule has 0 atom stereocenters. The Morgan fingerprint density at radius 1 is 1.14 bits per heavy atom. The van der Waals surface area contributed by atoms with E-state index in [1.807, 2.05) is 19.1 Å². The number of aromatic nitrogens is 1. The van der Waals surface area contributed by atoms with Crippen LogP contribution in [0.1, 0.15) is 33.2 Å². The van der Waals surface area contributed by atoms with Gasteiger partial charge in [-0.1, -0.05) is 31.2 Å². The van der Waals surface area contributed by atoms with Crippen LogP contribution in [-0.2, 0) is 11.2 Å².